The molecular formula is C14H20ClN3O. The second kappa shape index (κ2) is 5.08. The van der Waals surface area contributed by atoms with Crippen LogP contribution in [0.25, 0.3) is 0 Å². The quantitative estimate of drug-likeness (QED) is 0.799. The lowest BCUT2D eigenvalue weighted by Crippen LogP contribution is -2.55. The van der Waals surface area contributed by atoms with Crippen LogP contribution in [0.1, 0.15) is 39.7 Å². The first-order chi connectivity index (χ1) is 8.82. The molecule has 0 amide bonds. The van der Waals surface area contributed by atoms with Crippen LogP contribution in [0.2, 0.25) is 5.28 Å². The highest BCUT2D eigenvalue weighted by atomic mass is 35.5. The monoisotopic (exact) mass is 281 g/mol. The van der Waals surface area contributed by atoms with Crippen LogP contribution >= 0.6 is 11.6 Å². The molecule has 0 saturated heterocycles. The van der Waals surface area contributed by atoms with Gasteiger partial charge in [-0.2, -0.15) is 0 Å². The van der Waals surface area contributed by atoms with E-state index in [1.54, 1.807) is 6.20 Å². The highest BCUT2D eigenvalue weighted by molar-refractivity contribution is 6.28. The molecule has 19 heavy (non-hydrogen) atoms. The molecule has 2 heterocycles. The average molecular weight is 282 g/mol. The van der Waals surface area contributed by atoms with Crippen molar-refractivity contribution >= 4 is 23.2 Å². The largest absolute Gasteiger partial charge is 0.344 e. The van der Waals surface area contributed by atoms with Gasteiger partial charge >= 0.3 is 0 Å². The maximum Gasteiger partial charge on any atom is 0.224 e. The number of rotatable bonds is 3. The van der Waals surface area contributed by atoms with Crippen LogP contribution in [0.5, 0.6) is 0 Å². The topological polar surface area (TPSA) is 46.1 Å². The van der Waals surface area contributed by atoms with Crippen LogP contribution in [0.15, 0.2) is 6.20 Å². The Hall–Kier alpha value is -1.16. The number of hydrogen-bond donors (Lipinski definition) is 0. The third-order valence-electron chi connectivity index (χ3n) is 3.71. The first-order valence-electron chi connectivity index (χ1n) is 6.64. The summed E-state index contributed by atoms with van der Waals surface area (Å²) in [5, 5.41) is 0.235. The van der Waals surface area contributed by atoms with E-state index in [9.17, 15) is 4.79 Å². The van der Waals surface area contributed by atoms with Crippen molar-refractivity contribution in [2.24, 2.45) is 5.92 Å². The van der Waals surface area contributed by atoms with E-state index in [-0.39, 0.29) is 11.1 Å². The Bertz CT molecular complexity index is 499. The molecule has 0 aromatic carbocycles. The van der Waals surface area contributed by atoms with Gasteiger partial charge in [0.25, 0.3) is 0 Å². The Kier molecular flexibility index (Phi) is 3.81. The number of carbonyl (C=O) groups excluding carboxylic acids is 1. The number of hydrogen-bond acceptors (Lipinski definition) is 4. The van der Waals surface area contributed by atoms with Crippen LogP contribution in [0, 0.1) is 5.92 Å². The zero-order valence-electron chi connectivity index (χ0n) is 11.9. The van der Waals surface area contributed by atoms with E-state index in [0.717, 1.165) is 24.3 Å². The third kappa shape index (κ3) is 2.73. The molecule has 0 unspecified atom stereocenters. The molecular weight excluding hydrogens is 262 g/mol. The van der Waals surface area contributed by atoms with Gasteiger partial charge < -0.3 is 4.90 Å². The standard InChI is InChI=1S/C14H20ClN3O/c1-9(2)5-6-18-12-10(8-16-13(15)17-12)7-11(19)14(18,3)4/h8-9H,5-7H2,1-4H3. The number of anilines is 1. The first kappa shape index (κ1) is 14.3. The van der Waals surface area contributed by atoms with E-state index in [2.05, 4.69) is 28.7 Å². The summed E-state index contributed by atoms with van der Waals surface area (Å²) in [5.74, 6) is 1.59. The van der Waals surface area contributed by atoms with Gasteiger partial charge in [0.05, 0.1) is 5.54 Å². The van der Waals surface area contributed by atoms with Gasteiger partial charge in [0.1, 0.15) is 5.82 Å². The van der Waals surface area contributed by atoms with Gasteiger partial charge in [-0.05, 0) is 37.8 Å². The summed E-state index contributed by atoms with van der Waals surface area (Å²) in [4.78, 5) is 22.7. The fraction of sp³-hybridized carbons (Fsp3) is 0.643. The highest BCUT2D eigenvalue weighted by Crippen LogP contribution is 2.33. The smallest absolute Gasteiger partial charge is 0.224 e. The van der Waals surface area contributed by atoms with Crippen LogP contribution in [-0.4, -0.2) is 27.8 Å². The summed E-state index contributed by atoms with van der Waals surface area (Å²) in [6.07, 6.45) is 3.07. The molecule has 1 aliphatic heterocycles. The Morgan fingerprint density at radius 3 is 2.79 bits per heavy atom. The molecule has 0 radical (unpaired) electrons. The van der Waals surface area contributed by atoms with Crippen molar-refractivity contribution in [1.29, 1.82) is 0 Å². The SMILES string of the molecule is CC(C)CCN1c2nc(Cl)ncc2CC(=O)C1(C)C. The molecule has 0 bridgehead atoms. The maximum atomic E-state index is 12.3. The van der Waals surface area contributed by atoms with Gasteiger partial charge in [-0.15, -0.1) is 0 Å². The fourth-order valence-corrected chi connectivity index (χ4v) is 2.44. The van der Waals surface area contributed by atoms with Crippen molar-refractivity contribution in [2.45, 2.75) is 46.1 Å². The molecule has 4 nitrogen and oxygen atoms in total. The minimum atomic E-state index is -0.528. The number of nitrogens with zero attached hydrogens (tertiary/aromatic N) is 3. The normalized spacial score (nSPS) is 17.8. The Morgan fingerprint density at radius 2 is 2.16 bits per heavy atom. The predicted molar refractivity (Wildman–Crippen MR) is 76.6 cm³/mol. The summed E-state index contributed by atoms with van der Waals surface area (Å²) >= 11 is 5.90. The van der Waals surface area contributed by atoms with Gasteiger partial charge in [0.2, 0.25) is 5.28 Å². The number of halogens is 1. The number of carbonyl (C=O) groups is 1. The van der Waals surface area contributed by atoms with E-state index in [1.165, 1.54) is 0 Å². The predicted octanol–water partition coefficient (Wildman–Crippen LogP) is 2.89. The van der Waals surface area contributed by atoms with Crippen molar-refractivity contribution in [2.75, 3.05) is 11.4 Å². The van der Waals surface area contributed by atoms with E-state index in [1.807, 2.05) is 13.8 Å². The molecule has 0 N–H and O–H groups in total. The van der Waals surface area contributed by atoms with Crippen LogP contribution in [0.3, 0.4) is 0 Å². The molecule has 1 aromatic rings. The summed E-state index contributed by atoms with van der Waals surface area (Å²) in [6.45, 7) is 9.05. The molecule has 0 aliphatic carbocycles. The second-order valence-corrected chi connectivity index (χ2v) is 6.32. The zero-order valence-corrected chi connectivity index (χ0v) is 12.7. The van der Waals surface area contributed by atoms with Crippen molar-refractivity contribution in [3.05, 3.63) is 17.0 Å². The van der Waals surface area contributed by atoms with Gasteiger partial charge in [-0.3, -0.25) is 4.79 Å². The van der Waals surface area contributed by atoms with Gasteiger partial charge in [-0.25, -0.2) is 9.97 Å². The average Bonchev–Trinajstić information content (AvgIpc) is 2.30. The van der Waals surface area contributed by atoms with E-state index >= 15 is 0 Å². The van der Waals surface area contributed by atoms with Crippen LogP contribution in [0.4, 0.5) is 5.82 Å². The van der Waals surface area contributed by atoms with Crippen LogP contribution in [-0.2, 0) is 11.2 Å². The molecule has 0 saturated carbocycles. The van der Waals surface area contributed by atoms with Gasteiger partial charge in [0, 0.05) is 24.7 Å². The molecule has 5 heteroatoms. The molecule has 2 rings (SSSR count). The highest BCUT2D eigenvalue weighted by Gasteiger charge is 2.40. The lowest BCUT2D eigenvalue weighted by atomic mass is 9.87. The molecule has 104 valence electrons. The van der Waals surface area contributed by atoms with Crippen molar-refractivity contribution in [3.63, 3.8) is 0 Å². The van der Waals surface area contributed by atoms with Crippen LogP contribution < -0.4 is 4.90 Å². The lowest BCUT2D eigenvalue weighted by Gasteiger charge is -2.42. The number of aromatic nitrogens is 2. The van der Waals surface area contributed by atoms with E-state index in [0.29, 0.717) is 12.3 Å². The minimum Gasteiger partial charge on any atom is -0.344 e. The molecule has 0 fully saturated rings. The Morgan fingerprint density at radius 1 is 1.47 bits per heavy atom. The minimum absolute atomic E-state index is 0.203. The Labute approximate surface area is 119 Å². The molecule has 0 spiro atoms. The van der Waals surface area contributed by atoms with Gasteiger partial charge in [0.15, 0.2) is 5.78 Å². The van der Waals surface area contributed by atoms with Crippen molar-refractivity contribution in [3.8, 4) is 0 Å². The second-order valence-electron chi connectivity index (χ2n) is 5.98. The van der Waals surface area contributed by atoms with Gasteiger partial charge in [-0.1, -0.05) is 13.8 Å². The Balaban J connectivity index is 2.41. The molecule has 0 atom stereocenters. The fourth-order valence-electron chi connectivity index (χ4n) is 2.31. The molecule has 1 aromatic heterocycles. The first-order valence-corrected chi connectivity index (χ1v) is 7.02. The van der Waals surface area contributed by atoms with Crippen molar-refractivity contribution < 1.29 is 4.79 Å². The molecule has 1 aliphatic rings. The lowest BCUT2D eigenvalue weighted by molar-refractivity contribution is -0.123. The summed E-state index contributed by atoms with van der Waals surface area (Å²) in [6, 6.07) is 0. The third-order valence-corrected chi connectivity index (χ3v) is 3.89. The zero-order chi connectivity index (χ0) is 14.2. The number of ketones is 1. The number of fused-ring (bicyclic) bond motifs is 1. The summed E-state index contributed by atoms with van der Waals surface area (Å²) in [7, 11) is 0. The maximum absolute atomic E-state index is 12.3. The number of Topliss-reactive ketones (excluding diaryl/α,β-unsaturated/α-hetero) is 1. The van der Waals surface area contributed by atoms with Crippen molar-refractivity contribution in [1.82, 2.24) is 9.97 Å². The van der Waals surface area contributed by atoms with E-state index in [4.69, 9.17) is 11.6 Å². The summed E-state index contributed by atoms with van der Waals surface area (Å²) in [5.41, 5.74) is 0.344. The summed E-state index contributed by atoms with van der Waals surface area (Å²) < 4.78 is 0. The van der Waals surface area contributed by atoms with E-state index < -0.39 is 5.54 Å².